The van der Waals surface area contributed by atoms with Crippen molar-refractivity contribution in [3.05, 3.63) is 24.5 Å². The highest BCUT2D eigenvalue weighted by Gasteiger charge is 2.15. The molecule has 0 aliphatic rings. The average Bonchev–Trinajstić information content (AvgIpc) is 2.86. The van der Waals surface area contributed by atoms with Gasteiger partial charge in [-0.25, -0.2) is 4.98 Å². The third-order valence-corrected chi connectivity index (χ3v) is 2.15. The van der Waals surface area contributed by atoms with E-state index in [1.165, 1.54) is 12.7 Å². The van der Waals surface area contributed by atoms with Gasteiger partial charge in [0, 0.05) is 21.1 Å². The summed E-state index contributed by atoms with van der Waals surface area (Å²) in [5.41, 5.74) is 0.865. The Morgan fingerprint density at radius 3 is 2.88 bits per heavy atom. The van der Waals surface area contributed by atoms with Crippen molar-refractivity contribution in [3.63, 3.8) is 0 Å². The number of oxazole rings is 1. The van der Waals surface area contributed by atoms with Crippen LogP contribution >= 0.6 is 0 Å². The number of hydrogen-bond acceptors (Lipinski definition) is 5. The van der Waals surface area contributed by atoms with Crippen LogP contribution in [-0.2, 0) is 7.05 Å². The van der Waals surface area contributed by atoms with Crippen molar-refractivity contribution in [3.8, 4) is 0 Å². The van der Waals surface area contributed by atoms with Crippen LogP contribution in [0.15, 0.2) is 23.3 Å². The Bertz CT molecular complexity index is 515. The van der Waals surface area contributed by atoms with Gasteiger partial charge in [0.05, 0.1) is 6.20 Å². The zero-order valence-electron chi connectivity index (χ0n) is 9.84. The van der Waals surface area contributed by atoms with Gasteiger partial charge in [0.1, 0.15) is 12.0 Å². The minimum absolute atomic E-state index is 0.235. The second kappa shape index (κ2) is 4.28. The molecule has 1 N–H and O–H groups in total. The number of rotatable bonds is 3. The topological polar surface area (TPSA) is 76.2 Å². The average molecular weight is 235 g/mol. The van der Waals surface area contributed by atoms with Crippen molar-refractivity contribution in [2.45, 2.75) is 0 Å². The number of aryl methyl sites for hydroxylation is 1. The van der Waals surface area contributed by atoms with E-state index in [0.29, 0.717) is 11.5 Å². The first-order valence-electron chi connectivity index (χ1n) is 4.98. The van der Waals surface area contributed by atoms with E-state index in [1.807, 2.05) is 19.0 Å². The van der Waals surface area contributed by atoms with Crippen LogP contribution in [0.5, 0.6) is 0 Å². The Kier molecular flexibility index (Phi) is 2.82. The van der Waals surface area contributed by atoms with Crippen molar-refractivity contribution >= 4 is 17.4 Å². The molecule has 2 rings (SSSR count). The van der Waals surface area contributed by atoms with Crippen LogP contribution < -0.4 is 10.2 Å². The Hall–Kier alpha value is -2.31. The molecule has 0 spiro atoms. The second-order valence-corrected chi connectivity index (χ2v) is 3.76. The molecule has 2 aromatic heterocycles. The van der Waals surface area contributed by atoms with Gasteiger partial charge in [-0.05, 0) is 0 Å². The molecule has 0 bridgehead atoms. The first kappa shape index (κ1) is 11.2. The van der Waals surface area contributed by atoms with Gasteiger partial charge >= 0.3 is 0 Å². The highest BCUT2D eigenvalue weighted by molar-refractivity contribution is 6.04. The lowest BCUT2D eigenvalue weighted by Crippen LogP contribution is -2.16. The normalized spacial score (nSPS) is 10.3. The van der Waals surface area contributed by atoms with Crippen LogP contribution in [0.1, 0.15) is 10.5 Å². The minimum atomic E-state index is -0.324. The molecule has 0 aliphatic heterocycles. The number of aromatic nitrogens is 3. The lowest BCUT2D eigenvalue weighted by molar-refractivity contribution is 0.102. The molecule has 0 saturated heterocycles. The molecule has 7 heteroatoms. The molecule has 0 atom stereocenters. The lowest BCUT2D eigenvalue weighted by atomic mass is 10.4. The summed E-state index contributed by atoms with van der Waals surface area (Å²) in [4.78, 5) is 17.4. The molecule has 17 heavy (non-hydrogen) atoms. The summed E-state index contributed by atoms with van der Waals surface area (Å²) in [5.74, 6) is 0.360. The molecule has 2 heterocycles. The molecule has 0 radical (unpaired) electrons. The highest BCUT2D eigenvalue weighted by Crippen LogP contribution is 2.21. The van der Waals surface area contributed by atoms with Crippen LogP contribution in [0.25, 0.3) is 0 Å². The molecule has 0 fully saturated rings. The van der Waals surface area contributed by atoms with E-state index < -0.39 is 0 Å². The molecule has 0 aliphatic carbocycles. The van der Waals surface area contributed by atoms with Gasteiger partial charge in [0.25, 0.3) is 5.91 Å². The third-order valence-electron chi connectivity index (χ3n) is 2.15. The summed E-state index contributed by atoms with van der Waals surface area (Å²) < 4.78 is 6.39. The fraction of sp³-hybridized carbons (Fsp3) is 0.300. The summed E-state index contributed by atoms with van der Waals surface area (Å²) in [7, 11) is 5.50. The maximum Gasteiger partial charge on any atom is 0.277 e. The van der Waals surface area contributed by atoms with Gasteiger partial charge in [-0.1, -0.05) is 0 Å². The molecule has 0 aromatic carbocycles. The van der Waals surface area contributed by atoms with E-state index >= 15 is 0 Å². The van der Waals surface area contributed by atoms with Crippen molar-refractivity contribution in [2.24, 2.45) is 7.05 Å². The van der Waals surface area contributed by atoms with Gasteiger partial charge < -0.3 is 14.6 Å². The quantitative estimate of drug-likeness (QED) is 0.848. The van der Waals surface area contributed by atoms with E-state index in [-0.39, 0.29) is 11.6 Å². The number of anilines is 2. The van der Waals surface area contributed by atoms with Crippen LogP contribution in [0.3, 0.4) is 0 Å². The molecule has 2 aromatic rings. The first-order valence-corrected chi connectivity index (χ1v) is 4.98. The Morgan fingerprint density at radius 1 is 1.53 bits per heavy atom. The SMILES string of the molecule is CN(C)c1nn(C)cc1NC(=O)c1cocn1. The van der Waals surface area contributed by atoms with E-state index in [1.54, 1.807) is 17.9 Å². The predicted octanol–water partition coefficient (Wildman–Crippen LogP) is 0.726. The fourth-order valence-electron chi connectivity index (χ4n) is 1.41. The number of nitrogens with zero attached hydrogens (tertiary/aromatic N) is 4. The van der Waals surface area contributed by atoms with Crippen LogP contribution in [0.4, 0.5) is 11.5 Å². The van der Waals surface area contributed by atoms with Crippen molar-refractivity contribution in [2.75, 3.05) is 24.3 Å². The molecule has 0 unspecified atom stereocenters. The number of carbonyl (C=O) groups is 1. The minimum Gasteiger partial charge on any atom is -0.451 e. The van der Waals surface area contributed by atoms with Gasteiger partial charge in [0.2, 0.25) is 0 Å². The molecule has 90 valence electrons. The van der Waals surface area contributed by atoms with Crippen LogP contribution in [0, 0.1) is 0 Å². The van der Waals surface area contributed by atoms with E-state index in [4.69, 9.17) is 4.42 Å². The Morgan fingerprint density at radius 2 is 2.29 bits per heavy atom. The maximum absolute atomic E-state index is 11.8. The summed E-state index contributed by atoms with van der Waals surface area (Å²) in [5, 5.41) is 6.96. The number of carbonyl (C=O) groups excluding carboxylic acids is 1. The maximum atomic E-state index is 11.8. The number of hydrogen-bond donors (Lipinski definition) is 1. The number of nitrogens with one attached hydrogen (secondary N) is 1. The predicted molar refractivity (Wildman–Crippen MR) is 62.0 cm³/mol. The largest absolute Gasteiger partial charge is 0.451 e. The van der Waals surface area contributed by atoms with Crippen LogP contribution in [0.2, 0.25) is 0 Å². The van der Waals surface area contributed by atoms with Gasteiger partial charge in [-0.15, -0.1) is 0 Å². The van der Waals surface area contributed by atoms with Crippen molar-refractivity contribution in [1.29, 1.82) is 0 Å². The summed E-state index contributed by atoms with van der Waals surface area (Å²) in [6.07, 6.45) is 4.24. The summed E-state index contributed by atoms with van der Waals surface area (Å²) >= 11 is 0. The van der Waals surface area contributed by atoms with Gasteiger partial charge in [-0.2, -0.15) is 5.10 Å². The Labute approximate surface area is 98.0 Å². The zero-order valence-corrected chi connectivity index (χ0v) is 9.84. The van der Waals surface area contributed by atoms with Gasteiger partial charge in [0.15, 0.2) is 17.9 Å². The third kappa shape index (κ3) is 2.27. The van der Waals surface area contributed by atoms with E-state index in [9.17, 15) is 4.79 Å². The van der Waals surface area contributed by atoms with Gasteiger partial charge in [-0.3, -0.25) is 9.48 Å². The second-order valence-electron chi connectivity index (χ2n) is 3.76. The zero-order chi connectivity index (χ0) is 12.4. The standard InChI is InChI=1S/C10H13N5O2/c1-14(2)9-7(4-15(3)13-9)12-10(16)8-5-17-6-11-8/h4-6H,1-3H3,(H,12,16). The van der Waals surface area contributed by atoms with E-state index in [0.717, 1.165) is 0 Å². The monoisotopic (exact) mass is 235 g/mol. The van der Waals surface area contributed by atoms with Crippen molar-refractivity contribution < 1.29 is 9.21 Å². The first-order chi connectivity index (χ1) is 8.08. The van der Waals surface area contributed by atoms with Crippen molar-refractivity contribution in [1.82, 2.24) is 14.8 Å². The summed E-state index contributed by atoms with van der Waals surface area (Å²) in [6.45, 7) is 0. The molecule has 0 saturated carbocycles. The lowest BCUT2D eigenvalue weighted by Gasteiger charge is -2.10. The number of amides is 1. The molecule has 1 amide bonds. The van der Waals surface area contributed by atoms with Crippen LogP contribution in [-0.4, -0.2) is 34.8 Å². The summed E-state index contributed by atoms with van der Waals surface area (Å²) in [6, 6.07) is 0. The van der Waals surface area contributed by atoms with E-state index in [2.05, 4.69) is 15.4 Å². The smallest absolute Gasteiger partial charge is 0.277 e. The fourth-order valence-corrected chi connectivity index (χ4v) is 1.41. The highest BCUT2D eigenvalue weighted by atomic mass is 16.3. The molecule has 7 nitrogen and oxygen atoms in total. The Balaban J connectivity index is 2.21. The molecular formula is C10H13N5O2. The molecular weight excluding hydrogens is 222 g/mol.